The van der Waals surface area contributed by atoms with Gasteiger partial charge in [-0.3, -0.25) is 4.79 Å². The van der Waals surface area contributed by atoms with Gasteiger partial charge in [-0.2, -0.15) is 0 Å². The van der Waals surface area contributed by atoms with Crippen molar-refractivity contribution in [3.8, 4) is 0 Å². The molecule has 152 valence electrons. The number of hydrogen-bond acceptors (Lipinski definition) is 3. The van der Waals surface area contributed by atoms with E-state index in [4.69, 9.17) is 9.47 Å². The third-order valence-electron chi connectivity index (χ3n) is 10.4. The standard InChI is InChI=1S/C24H38O3/c1-22-12-9-17(26-3)15-16(22)5-6-18-19(22)10-13-23(2)20(18)7-8-21(25)24(23)11-4-14-27-24/h16-20H,4-15H2,1-3H3/t16-,17-,18+,19-,20-,22-,23-,24-/m0/s1. The molecule has 27 heavy (non-hydrogen) atoms. The van der Waals surface area contributed by atoms with Crippen LogP contribution in [0, 0.1) is 34.5 Å². The fraction of sp³-hybridized carbons (Fsp3) is 0.958. The first-order valence-corrected chi connectivity index (χ1v) is 11.6. The van der Waals surface area contributed by atoms with Gasteiger partial charge in [0.15, 0.2) is 5.78 Å². The molecule has 0 unspecified atom stereocenters. The number of ether oxygens (including phenoxy) is 2. The minimum Gasteiger partial charge on any atom is -0.381 e. The Balaban J connectivity index is 1.46. The highest BCUT2D eigenvalue weighted by atomic mass is 16.5. The first-order valence-electron chi connectivity index (χ1n) is 11.6. The average Bonchev–Trinajstić information content (AvgIpc) is 3.16. The summed E-state index contributed by atoms with van der Waals surface area (Å²) in [5.41, 5.74) is 0.129. The molecule has 4 aliphatic carbocycles. The number of carbonyl (C=O) groups excluding carboxylic acids is 1. The van der Waals surface area contributed by atoms with Crippen LogP contribution >= 0.6 is 0 Å². The van der Waals surface area contributed by atoms with Gasteiger partial charge >= 0.3 is 0 Å². The van der Waals surface area contributed by atoms with Crippen molar-refractivity contribution in [2.75, 3.05) is 13.7 Å². The van der Waals surface area contributed by atoms with Gasteiger partial charge in [0.25, 0.3) is 0 Å². The van der Waals surface area contributed by atoms with Gasteiger partial charge in [-0.1, -0.05) is 13.8 Å². The number of rotatable bonds is 1. The normalized spacial score (nSPS) is 55.1. The third-order valence-corrected chi connectivity index (χ3v) is 10.4. The fourth-order valence-corrected chi connectivity index (χ4v) is 8.90. The zero-order valence-electron chi connectivity index (χ0n) is 17.6. The van der Waals surface area contributed by atoms with Gasteiger partial charge < -0.3 is 9.47 Å². The molecule has 0 amide bonds. The molecule has 0 bridgehead atoms. The smallest absolute Gasteiger partial charge is 0.165 e. The summed E-state index contributed by atoms with van der Waals surface area (Å²) in [7, 11) is 1.89. The van der Waals surface area contributed by atoms with Crippen LogP contribution in [0.3, 0.4) is 0 Å². The molecule has 4 saturated carbocycles. The van der Waals surface area contributed by atoms with Crippen LogP contribution < -0.4 is 0 Å². The molecule has 0 aromatic heterocycles. The molecule has 8 atom stereocenters. The molecule has 1 aliphatic heterocycles. The van der Waals surface area contributed by atoms with Gasteiger partial charge in [-0.25, -0.2) is 0 Å². The van der Waals surface area contributed by atoms with Crippen LogP contribution in [0.4, 0.5) is 0 Å². The van der Waals surface area contributed by atoms with Gasteiger partial charge in [-0.15, -0.1) is 0 Å². The van der Waals surface area contributed by atoms with Crippen LogP contribution in [0.1, 0.15) is 84.5 Å². The Kier molecular flexibility index (Phi) is 4.34. The van der Waals surface area contributed by atoms with Crippen molar-refractivity contribution in [1.82, 2.24) is 0 Å². The zero-order chi connectivity index (χ0) is 18.9. The summed E-state index contributed by atoms with van der Waals surface area (Å²) in [6.07, 6.45) is 13.5. The third kappa shape index (κ3) is 2.37. The SMILES string of the molecule is CO[C@H]1CC[C@@]2(C)[C@@H](CC[C@@H]3[C@@H]2CC[C@@]2(C)[C@H]3CCC(=O)[C@@]23CCCO3)C1. The van der Waals surface area contributed by atoms with Crippen LogP contribution in [0.25, 0.3) is 0 Å². The minimum absolute atomic E-state index is 0.0763. The summed E-state index contributed by atoms with van der Waals surface area (Å²) in [5, 5.41) is 0. The number of carbonyl (C=O) groups is 1. The Morgan fingerprint density at radius 1 is 1.00 bits per heavy atom. The van der Waals surface area contributed by atoms with E-state index in [0.29, 0.717) is 23.2 Å². The maximum absolute atomic E-state index is 13.1. The molecule has 1 saturated heterocycles. The van der Waals surface area contributed by atoms with Gasteiger partial charge in [0, 0.05) is 25.6 Å². The van der Waals surface area contributed by atoms with E-state index < -0.39 is 5.60 Å². The van der Waals surface area contributed by atoms with Crippen molar-refractivity contribution in [3.05, 3.63) is 0 Å². The Hall–Kier alpha value is -0.410. The lowest BCUT2D eigenvalue weighted by atomic mass is 9.40. The quantitative estimate of drug-likeness (QED) is 0.636. The van der Waals surface area contributed by atoms with Gasteiger partial charge in [-0.05, 0) is 93.3 Å². The fourth-order valence-electron chi connectivity index (χ4n) is 8.90. The predicted molar refractivity (Wildman–Crippen MR) is 105 cm³/mol. The number of hydrogen-bond donors (Lipinski definition) is 0. The lowest BCUT2D eigenvalue weighted by molar-refractivity contribution is -0.208. The van der Waals surface area contributed by atoms with Crippen LogP contribution in [0.15, 0.2) is 0 Å². The second-order valence-electron chi connectivity index (χ2n) is 11.0. The Labute approximate surface area is 164 Å². The van der Waals surface area contributed by atoms with Gasteiger partial charge in [0.2, 0.25) is 0 Å². The number of Topliss-reactive ketones (excluding diaryl/α,β-unsaturated/α-hetero) is 1. The summed E-state index contributed by atoms with van der Waals surface area (Å²) in [6.45, 7) is 5.84. The second kappa shape index (κ2) is 6.29. The molecule has 3 nitrogen and oxygen atoms in total. The summed E-state index contributed by atoms with van der Waals surface area (Å²) >= 11 is 0. The van der Waals surface area contributed by atoms with E-state index in [1.807, 2.05) is 7.11 Å². The molecular weight excluding hydrogens is 336 g/mol. The molecular formula is C24H38O3. The van der Waals surface area contributed by atoms with Crippen LogP contribution in [0.5, 0.6) is 0 Å². The molecule has 0 N–H and O–H groups in total. The Morgan fingerprint density at radius 2 is 1.85 bits per heavy atom. The van der Waals surface area contributed by atoms with E-state index in [-0.39, 0.29) is 5.41 Å². The predicted octanol–water partition coefficient (Wildman–Crippen LogP) is 5.16. The second-order valence-corrected chi connectivity index (χ2v) is 11.0. The molecule has 0 radical (unpaired) electrons. The van der Waals surface area contributed by atoms with E-state index in [9.17, 15) is 4.79 Å². The first-order chi connectivity index (χ1) is 12.9. The van der Waals surface area contributed by atoms with Crippen molar-refractivity contribution in [3.63, 3.8) is 0 Å². The molecule has 0 aromatic carbocycles. The van der Waals surface area contributed by atoms with E-state index in [1.54, 1.807) is 0 Å². The van der Waals surface area contributed by atoms with Crippen LogP contribution in [-0.2, 0) is 14.3 Å². The van der Waals surface area contributed by atoms with E-state index in [2.05, 4.69) is 13.8 Å². The van der Waals surface area contributed by atoms with Gasteiger partial charge in [0.1, 0.15) is 5.60 Å². The molecule has 1 spiro atoms. The maximum Gasteiger partial charge on any atom is 0.165 e. The van der Waals surface area contributed by atoms with Crippen molar-refractivity contribution < 1.29 is 14.3 Å². The van der Waals surface area contributed by atoms with Crippen LogP contribution in [0.2, 0.25) is 0 Å². The Morgan fingerprint density at radius 3 is 2.59 bits per heavy atom. The summed E-state index contributed by atoms with van der Waals surface area (Å²) < 4.78 is 12.1. The lowest BCUT2D eigenvalue weighted by Gasteiger charge is -2.65. The van der Waals surface area contributed by atoms with E-state index in [0.717, 1.165) is 50.0 Å². The number of fused-ring (bicyclic) bond motifs is 6. The monoisotopic (exact) mass is 374 g/mol. The zero-order valence-corrected chi connectivity index (χ0v) is 17.6. The summed E-state index contributed by atoms with van der Waals surface area (Å²) in [5.74, 6) is 3.60. The average molecular weight is 375 g/mol. The summed E-state index contributed by atoms with van der Waals surface area (Å²) in [6, 6.07) is 0. The molecule has 5 aliphatic rings. The van der Waals surface area contributed by atoms with Gasteiger partial charge in [0.05, 0.1) is 6.10 Å². The van der Waals surface area contributed by atoms with Crippen molar-refractivity contribution in [2.45, 2.75) is 96.2 Å². The molecule has 0 aromatic rings. The van der Waals surface area contributed by atoms with Crippen molar-refractivity contribution in [2.24, 2.45) is 34.5 Å². The number of methoxy groups -OCH3 is 1. The maximum atomic E-state index is 13.1. The van der Waals surface area contributed by atoms with Crippen molar-refractivity contribution >= 4 is 5.78 Å². The Bertz CT molecular complexity index is 609. The van der Waals surface area contributed by atoms with Crippen LogP contribution in [-0.4, -0.2) is 31.2 Å². The highest BCUT2D eigenvalue weighted by molar-refractivity contribution is 5.89. The number of ketones is 1. The highest BCUT2D eigenvalue weighted by Gasteiger charge is 2.66. The van der Waals surface area contributed by atoms with E-state index in [1.165, 1.54) is 44.9 Å². The van der Waals surface area contributed by atoms with E-state index >= 15 is 0 Å². The highest BCUT2D eigenvalue weighted by Crippen LogP contribution is 2.68. The molecule has 5 rings (SSSR count). The first kappa shape index (κ1) is 18.6. The minimum atomic E-state index is -0.438. The molecule has 3 heteroatoms. The van der Waals surface area contributed by atoms with Crippen molar-refractivity contribution in [1.29, 1.82) is 0 Å². The lowest BCUT2D eigenvalue weighted by Crippen LogP contribution is -2.64. The molecule has 1 heterocycles. The topological polar surface area (TPSA) is 35.5 Å². The largest absolute Gasteiger partial charge is 0.381 e. The summed E-state index contributed by atoms with van der Waals surface area (Å²) in [4.78, 5) is 13.1. The molecule has 5 fully saturated rings.